The Labute approximate surface area is 159 Å². The largest absolute Gasteiger partial charge is 0.494 e. The molecule has 6 nitrogen and oxygen atoms in total. The lowest BCUT2D eigenvalue weighted by Gasteiger charge is -2.23. The van der Waals surface area contributed by atoms with E-state index in [1.807, 2.05) is 13.0 Å². The molecular formula is C21H27NO5. The summed E-state index contributed by atoms with van der Waals surface area (Å²) in [6.45, 7) is 7.36. The second-order valence-corrected chi connectivity index (χ2v) is 6.93. The number of likely N-dealkylation sites (tertiary alicyclic amines) is 1. The Balaban J connectivity index is 1.73. The van der Waals surface area contributed by atoms with Crippen LogP contribution in [0.5, 0.6) is 5.75 Å². The van der Waals surface area contributed by atoms with Gasteiger partial charge < -0.3 is 18.8 Å². The van der Waals surface area contributed by atoms with Crippen molar-refractivity contribution in [3.8, 4) is 5.75 Å². The number of rotatable bonds is 5. The number of carbonyl (C=O) groups excluding carboxylic acids is 2. The highest BCUT2D eigenvalue weighted by molar-refractivity contribution is 5.97. The minimum atomic E-state index is -0.831. The van der Waals surface area contributed by atoms with Gasteiger partial charge in [-0.3, -0.25) is 4.79 Å². The molecule has 1 aliphatic rings. The molecule has 0 N–H and O–H groups in total. The van der Waals surface area contributed by atoms with Crippen LogP contribution in [0.25, 0.3) is 11.0 Å². The first kappa shape index (κ1) is 19.3. The maximum absolute atomic E-state index is 12.6. The number of carbonyl (C=O) groups is 2. The summed E-state index contributed by atoms with van der Waals surface area (Å²) in [5.74, 6) is 0.0997. The van der Waals surface area contributed by atoms with E-state index in [0.29, 0.717) is 17.8 Å². The molecular weight excluding hydrogens is 346 g/mol. The smallest absolute Gasteiger partial charge is 0.375 e. The number of ether oxygens (including phenoxy) is 2. The fraction of sp³-hybridized carbons (Fsp3) is 0.524. The maximum atomic E-state index is 12.6. The third kappa shape index (κ3) is 4.26. The van der Waals surface area contributed by atoms with Crippen molar-refractivity contribution in [2.75, 3.05) is 19.7 Å². The van der Waals surface area contributed by atoms with Crippen molar-refractivity contribution in [2.24, 2.45) is 0 Å². The Morgan fingerprint density at radius 3 is 2.56 bits per heavy atom. The third-order valence-corrected chi connectivity index (χ3v) is 4.95. The summed E-state index contributed by atoms with van der Waals surface area (Å²) >= 11 is 0. The molecule has 1 aromatic heterocycles. The Morgan fingerprint density at radius 2 is 1.89 bits per heavy atom. The highest BCUT2D eigenvalue weighted by Gasteiger charge is 2.27. The molecule has 6 heteroatoms. The van der Waals surface area contributed by atoms with Crippen LogP contribution >= 0.6 is 0 Å². The van der Waals surface area contributed by atoms with E-state index in [0.717, 1.165) is 49.9 Å². The van der Waals surface area contributed by atoms with Gasteiger partial charge in [-0.1, -0.05) is 12.8 Å². The van der Waals surface area contributed by atoms with E-state index in [1.54, 1.807) is 30.9 Å². The molecule has 1 saturated heterocycles. The lowest BCUT2D eigenvalue weighted by molar-refractivity contribution is -0.139. The van der Waals surface area contributed by atoms with Crippen molar-refractivity contribution in [1.29, 1.82) is 0 Å². The molecule has 1 atom stereocenters. The van der Waals surface area contributed by atoms with Gasteiger partial charge in [0, 0.05) is 24.0 Å². The molecule has 0 bridgehead atoms. The summed E-state index contributed by atoms with van der Waals surface area (Å²) in [6.07, 6.45) is 3.44. The van der Waals surface area contributed by atoms with E-state index in [9.17, 15) is 9.59 Å². The first-order chi connectivity index (χ1) is 13.0. The van der Waals surface area contributed by atoms with Crippen LogP contribution < -0.4 is 4.74 Å². The van der Waals surface area contributed by atoms with Gasteiger partial charge in [-0.05, 0) is 51.8 Å². The summed E-state index contributed by atoms with van der Waals surface area (Å²) < 4.78 is 16.6. The van der Waals surface area contributed by atoms with Crippen LogP contribution in [0.15, 0.2) is 22.6 Å². The van der Waals surface area contributed by atoms with E-state index < -0.39 is 12.1 Å². The molecule has 0 saturated carbocycles. The van der Waals surface area contributed by atoms with Gasteiger partial charge in [0.15, 0.2) is 6.10 Å². The van der Waals surface area contributed by atoms with Crippen LogP contribution in [0, 0.1) is 6.92 Å². The van der Waals surface area contributed by atoms with Crippen molar-refractivity contribution in [1.82, 2.24) is 4.90 Å². The number of furan rings is 1. The monoisotopic (exact) mass is 373 g/mol. The van der Waals surface area contributed by atoms with Crippen molar-refractivity contribution >= 4 is 22.8 Å². The quantitative estimate of drug-likeness (QED) is 0.739. The molecule has 2 heterocycles. The first-order valence-electron chi connectivity index (χ1n) is 9.67. The second-order valence-electron chi connectivity index (χ2n) is 6.93. The third-order valence-electron chi connectivity index (χ3n) is 4.95. The molecule has 1 amide bonds. The summed E-state index contributed by atoms with van der Waals surface area (Å²) in [7, 11) is 0. The Bertz CT molecular complexity index is 817. The van der Waals surface area contributed by atoms with Crippen LogP contribution in [-0.4, -0.2) is 42.6 Å². The SMILES string of the molecule is CCOc1ccc2oc(C(=O)O[C@H](C)C(=O)N3CCCCCC3)c(C)c2c1. The minimum absolute atomic E-state index is 0.133. The molecule has 0 aliphatic carbocycles. The average molecular weight is 373 g/mol. The van der Waals surface area contributed by atoms with Crippen LogP contribution in [-0.2, 0) is 9.53 Å². The standard InChI is InChI=1S/C21H27NO5/c1-4-25-16-9-10-18-17(13-16)14(2)19(27-18)21(24)26-15(3)20(23)22-11-7-5-6-8-12-22/h9-10,13,15H,4-8,11-12H2,1-3H3/t15-/m1/s1. The zero-order valence-electron chi connectivity index (χ0n) is 16.2. The maximum Gasteiger partial charge on any atom is 0.375 e. The lowest BCUT2D eigenvalue weighted by atomic mass is 10.1. The number of fused-ring (bicyclic) bond motifs is 1. The number of hydrogen-bond acceptors (Lipinski definition) is 5. The van der Waals surface area contributed by atoms with Crippen LogP contribution in [0.2, 0.25) is 0 Å². The molecule has 146 valence electrons. The van der Waals surface area contributed by atoms with Gasteiger partial charge in [-0.25, -0.2) is 4.79 Å². The van der Waals surface area contributed by atoms with E-state index in [4.69, 9.17) is 13.9 Å². The fourth-order valence-electron chi connectivity index (χ4n) is 3.46. The van der Waals surface area contributed by atoms with Crippen LogP contribution in [0.4, 0.5) is 0 Å². The summed E-state index contributed by atoms with van der Waals surface area (Å²) in [5.41, 5.74) is 1.28. The number of benzene rings is 1. The molecule has 0 unspecified atom stereocenters. The molecule has 1 aromatic carbocycles. The van der Waals surface area contributed by atoms with Gasteiger partial charge in [-0.2, -0.15) is 0 Å². The van der Waals surface area contributed by atoms with E-state index in [2.05, 4.69) is 0 Å². The minimum Gasteiger partial charge on any atom is -0.494 e. The average Bonchev–Trinajstić information content (AvgIpc) is 2.84. The van der Waals surface area contributed by atoms with Crippen molar-refractivity contribution in [3.63, 3.8) is 0 Å². The predicted octanol–water partition coefficient (Wildman–Crippen LogP) is 4.09. The fourth-order valence-corrected chi connectivity index (χ4v) is 3.46. The molecule has 0 radical (unpaired) electrons. The molecule has 27 heavy (non-hydrogen) atoms. The second kappa shape index (κ2) is 8.46. The Hall–Kier alpha value is -2.50. The van der Waals surface area contributed by atoms with Crippen LogP contribution in [0.3, 0.4) is 0 Å². The number of esters is 1. The molecule has 3 rings (SSSR count). The van der Waals surface area contributed by atoms with Crippen molar-refractivity contribution in [2.45, 2.75) is 52.6 Å². The van der Waals surface area contributed by atoms with Crippen molar-refractivity contribution in [3.05, 3.63) is 29.5 Å². The normalized spacial score (nSPS) is 16.0. The van der Waals surface area contributed by atoms with Gasteiger partial charge in [-0.15, -0.1) is 0 Å². The number of nitrogens with zero attached hydrogens (tertiary/aromatic N) is 1. The number of aryl methyl sites for hydroxylation is 1. The first-order valence-corrected chi connectivity index (χ1v) is 9.67. The molecule has 0 spiro atoms. The number of amides is 1. The van der Waals surface area contributed by atoms with Gasteiger partial charge in [0.2, 0.25) is 5.76 Å². The highest BCUT2D eigenvalue weighted by Crippen LogP contribution is 2.29. The van der Waals surface area contributed by atoms with Gasteiger partial charge in [0.1, 0.15) is 11.3 Å². The Morgan fingerprint density at radius 1 is 1.19 bits per heavy atom. The van der Waals surface area contributed by atoms with Gasteiger partial charge in [0.05, 0.1) is 6.61 Å². The predicted molar refractivity (Wildman–Crippen MR) is 102 cm³/mol. The molecule has 1 fully saturated rings. The zero-order valence-corrected chi connectivity index (χ0v) is 16.2. The summed E-state index contributed by atoms with van der Waals surface area (Å²) in [4.78, 5) is 27.0. The van der Waals surface area contributed by atoms with E-state index in [-0.39, 0.29) is 11.7 Å². The Kier molecular flexibility index (Phi) is 6.04. The molecule has 1 aliphatic heterocycles. The molecule has 2 aromatic rings. The van der Waals surface area contributed by atoms with E-state index in [1.165, 1.54) is 0 Å². The van der Waals surface area contributed by atoms with Crippen molar-refractivity contribution < 1.29 is 23.5 Å². The summed E-state index contributed by atoms with van der Waals surface area (Å²) in [6, 6.07) is 5.42. The van der Waals surface area contributed by atoms with Crippen LogP contribution in [0.1, 0.15) is 55.6 Å². The van der Waals surface area contributed by atoms with Gasteiger partial charge in [0.25, 0.3) is 5.91 Å². The summed E-state index contributed by atoms with van der Waals surface area (Å²) in [5, 5.41) is 0.805. The number of hydrogen-bond donors (Lipinski definition) is 0. The zero-order chi connectivity index (χ0) is 19.4. The lowest BCUT2D eigenvalue weighted by Crippen LogP contribution is -2.40. The highest BCUT2D eigenvalue weighted by atomic mass is 16.6. The van der Waals surface area contributed by atoms with E-state index >= 15 is 0 Å². The topological polar surface area (TPSA) is 69.0 Å². The van der Waals surface area contributed by atoms with Gasteiger partial charge >= 0.3 is 5.97 Å².